The lowest BCUT2D eigenvalue weighted by Crippen LogP contribution is -2.23. The molecule has 0 aliphatic rings. The number of aryl methyl sites for hydroxylation is 1. The second-order valence-electron chi connectivity index (χ2n) is 5.63. The first kappa shape index (κ1) is 19.0. The van der Waals surface area contributed by atoms with Crippen molar-refractivity contribution < 1.29 is 13.2 Å². The van der Waals surface area contributed by atoms with Gasteiger partial charge in [-0.05, 0) is 43.7 Å². The van der Waals surface area contributed by atoms with Gasteiger partial charge in [-0.25, -0.2) is 8.42 Å². The lowest BCUT2D eigenvalue weighted by molar-refractivity contribution is -0.116. The predicted molar refractivity (Wildman–Crippen MR) is 101 cm³/mol. The van der Waals surface area contributed by atoms with Crippen LogP contribution in [0.1, 0.15) is 18.1 Å². The summed E-state index contributed by atoms with van der Waals surface area (Å²) < 4.78 is 25.3. The molecule has 1 amide bonds. The zero-order valence-electron chi connectivity index (χ0n) is 13.9. The van der Waals surface area contributed by atoms with Crippen molar-refractivity contribution in [3.63, 3.8) is 0 Å². The van der Waals surface area contributed by atoms with Crippen molar-refractivity contribution in [2.24, 2.45) is 0 Å². The fourth-order valence-corrected chi connectivity index (χ4v) is 3.26. The first-order chi connectivity index (χ1) is 11.7. The van der Waals surface area contributed by atoms with Gasteiger partial charge in [0.05, 0.1) is 16.0 Å². The molecule has 0 aliphatic carbocycles. The molecule has 2 aromatic rings. The third-order valence-electron chi connectivity index (χ3n) is 3.41. The first-order valence-electron chi connectivity index (χ1n) is 7.45. The molecule has 0 fully saturated rings. The molecule has 0 bridgehead atoms. The Morgan fingerprint density at radius 3 is 2.16 bits per heavy atom. The molecule has 0 unspecified atom stereocenters. The fourth-order valence-electron chi connectivity index (χ4n) is 1.98. The summed E-state index contributed by atoms with van der Waals surface area (Å²) in [4.78, 5) is 12.1. The van der Waals surface area contributed by atoms with Gasteiger partial charge in [0.15, 0.2) is 0 Å². The summed E-state index contributed by atoms with van der Waals surface area (Å²) in [6.45, 7) is 6.99. The van der Waals surface area contributed by atoms with Crippen LogP contribution < -0.4 is 5.32 Å². The lowest BCUT2D eigenvalue weighted by Gasteiger charge is -2.11. The summed E-state index contributed by atoms with van der Waals surface area (Å²) in [6.07, 6.45) is 0. The number of carbonyl (C=O) groups excluding carboxylic acids is 1. The number of sulfone groups is 1. The van der Waals surface area contributed by atoms with Crippen molar-refractivity contribution in [2.75, 3.05) is 0 Å². The molecule has 0 atom stereocenters. The molecule has 2 rings (SSSR count). The SMILES string of the molecule is C=C(C)C(=O)NC(=CS(=O)(=O)c1ccc(C)cc1)c1ccc(Cl)cc1. The number of hydrogen-bond donors (Lipinski definition) is 1. The molecule has 6 heteroatoms. The van der Waals surface area contributed by atoms with Crippen LogP contribution in [0.3, 0.4) is 0 Å². The minimum absolute atomic E-state index is 0.147. The first-order valence-corrected chi connectivity index (χ1v) is 9.38. The summed E-state index contributed by atoms with van der Waals surface area (Å²) in [7, 11) is -3.75. The molecule has 25 heavy (non-hydrogen) atoms. The number of rotatable bonds is 5. The number of amides is 1. The van der Waals surface area contributed by atoms with Crippen LogP contribution in [0.5, 0.6) is 0 Å². The van der Waals surface area contributed by atoms with Gasteiger partial charge in [-0.2, -0.15) is 0 Å². The molecule has 4 nitrogen and oxygen atoms in total. The van der Waals surface area contributed by atoms with Gasteiger partial charge < -0.3 is 5.32 Å². The average Bonchev–Trinajstić information content (AvgIpc) is 2.55. The Morgan fingerprint density at radius 2 is 1.64 bits per heavy atom. The Morgan fingerprint density at radius 1 is 1.08 bits per heavy atom. The summed E-state index contributed by atoms with van der Waals surface area (Å²) in [5.74, 6) is -0.458. The second kappa shape index (κ2) is 7.68. The highest BCUT2D eigenvalue weighted by Crippen LogP contribution is 2.21. The normalized spacial score (nSPS) is 11.9. The van der Waals surface area contributed by atoms with Crippen LogP contribution in [0.4, 0.5) is 0 Å². The van der Waals surface area contributed by atoms with Crippen molar-refractivity contribution in [1.82, 2.24) is 5.32 Å². The Labute approximate surface area is 152 Å². The van der Waals surface area contributed by atoms with E-state index in [9.17, 15) is 13.2 Å². The Balaban J connectivity index is 2.51. The molecule has 0 spiro atoms. The second-order valence-corrected chi connectivity index (χ2v) is 7.86. The quantitative estimate of drug-likeness (QED) is 0.800. The Hall–Kier alpha value is -2.37. The van der Waals surface area contributed by atoms with Crippen molar-refractivity contribution in [3.05, 3.63) is 82.2 Å². The molecule has 0 saturated carbocycles. The van der Waals surface area contributed by atoms with E-state index in [4.69, 9.17) is 11.6 Å². The third-order valence-corrected chi connectivity index (χ3v) is 5.14. The molecular formula is C19H18ClNO3S. The van der Waals surface area contributed by atoms with Crippen LogP contribution >= 0.6 is 11.6 Å². The zero-order chi connectivity index (χ0) is 18.6. The van der Waals surface area contributed by atoms with E-state index in [0.29, 0.717) is 10.6 Å². The number of benzene rings is 2. The van der Waals surface area contributed by atoms with Gasteiger partial charge in [-0.1, -0.05) is 48.0 Å². The molecule has 130 valence electrons. The summed E-state index contributed by atoms with van der Waals surface area (Å²) in [5, 5.41) is 4.14. The van der Waals surface area contributed by atoms with Crippen LogP contribution in [0, 0.1) is 6.92 Å². The van der Waals surface area contributed by atoms with Crippen LogP contribution in [-0.2, 0) is 14.6 Å². The van der Waals surface area contributed by atoms with Crippen molar-refractivity contribution in [2.45, 2.75) is 18.7 Å². The maximum absolute atomic E-state index is 12.7. The maximum Gasteiger partial charge on any atom is 0.250 e. The van der Waals surface area contributed by atoms with Crippen LogP contribution in [0.15, 0.2) is 71.0 Å². The van der Waals surface area contributed by atoms with Gasteiger partial charge in [0.2, 0.25) is 9.84 Å². The molecule has 0 radical (unpaired) electrons. The standard InChI is InChI=1S/C19H18ClNO3S/c1-13(2)19(22)21-18(15-6-8-16(20)9-7-15)12-25(23,24)17-10-4-14(3)5-11-17/h4-12H,1H2,2-3H3,(H,21,22). The van der Waals surface area contributed by atoms with E-state index in [-0.39, 0.29) is 16.2 Å². The van der Waals surface area contributed by atoms with E-state index in [1.807, 2.05) is 6.92 Å². The van der Waals surface area contributed by atoms with Crippen LogP contribution in [0.25, 0.3) is 5.70 Å². The van der Waals surface area contributed by atoms with E-state index in [0.717, 1.165) is 11.0 Å². The van der Waals surface area contributed by atoms with E-state index >= 15 is 0 Å². The van der Waals surface area contributed by atoms with Crippen molar-refractivity contribution in [3.8, 4) is 0 Å². The highest BCUT2D eigenvalue weighted by Gasteiger charge is 2.16. The maximum atomic E-state index is 12.7. The van der Waals surface area contributed by atoms with Gasteiger partial charge in [0, 0.05) is 10.6 Å². The van der Waals surface area contributed by atoms with Gasteiger partial charge >= 0.3 is 0 Å². The smallest absolute Gasteiger partial charge is 0.250 e. The minimum Gasteiger partial charge on any atom is -0.321 e. The highest BCUT2D eigenvalue weighted by atomic mass is 35.5. The number of hydrogen-bond acceptors (Lipinski definition) is 3. The van der Waals surface area contributed by atoms with Crippen molar-refractivity contribution >= 4 is 33.0 Å². The van der Waals surface area contributed by atoms with E-state index in [2.05, 4.69) is 11.9 Å². The molecule has 0 aliphatic heterocycles. The van der Waals surface area contributed by atoms with E-state index < -0.39 is 15.7 Å². The minimum atomic E-state index is -3.75. The molecule has 0 saturated heterocycles. The lowest BCUT2D eigenvalue weighted by atomic mass is 10.1. The van der Waals surface area contributed by atoms with Gasteiger partial charge in [-0.3, -0.25) is 4.79 Å². The number of carbonyl (C=O) groups is 1. The third kappa shape index (κ3) is 5.05. The monoisotopic (exact) mass is 375 g/mol. The van der Waals surface area contributed by atoms with E-state index in [1.165, 1.54) is 12.1 Å². The summed E-state index contributed by atoms with van der Waals surface area (Å²) in [5.41, 5.74) is 1.91. The molecule has 1 N–H and O–H groups in total. The van der Waals surface area contributed by atoms with Gasteiger partial charge in [0.25, 0.3) is 5.91 Å². The Bertz CT molecular complexity index is 928. The van der Waals surface area contributed by atoms with E-state index in [1.54, 1.807) is 43.3 Å². The summed E-state index contributed by atoms with van der Waals surface area (Å²) >= 11 is 5.88. The van der Waals surface area contributed by atoms with Crippen LogP contribution in [0.2, 0.25) is 5.02 Å². The predicted octanol–water partition coefficient (Wildman–Crippen LogP) is 4.11. The summed E-state index contributed by atoms with van der Waals surface area (Å²) in [6, 6.07) is 13.0. The molecule has 0 heterocycles. The Kier molecular flexibility index (Phi) is 5.82. The highest BCUT2D eigenvalue weighted by molar-refractivity contribution is 7.94. The van der Waals surface area contributed by atoms with Gasteiger partial charge in [0.1, 0.15) is 0 Å². The fraction of sp³-hybridized carbons (Fsp3) is 0.105. The zero-order valence-corrected chi connectivity index (χ0v) is 15.5. The molecular weight excluding hydrogens is 358 g/mol. The molecule has 0 aromatic heterocycles. The largest absolute Gasteiger partial charge is 0.321 e. The topological polar surface area (TPSA) is 63.2 Å². The van der Waals surface area contributed by atoms with Gasteiger partial charge in [-0.15, -0.1) is 0 Å². The van der Waals surface area contributed by atoms with Crippen molar-refractivity contribution in [1.29, 1.82) is 0 Å². The number of nitrogens with one attached hydrogen (secondary N) is 1. The number of halogens is 1. The average molecular weight is 376 g/mol. The molecule has 2 aromatic carbocycles. The van der Waals surface area contributed by atoms with Crippen LogP contribution in [-0.4, -0.2) is 14.3 Å².